The lowest BCUT2D eigenvalue weighted by molar-refractivity contribution is -0.150. The first kappa shape index (κ1) is 18.6. The summed E-state index contributed by atoms with van der Waals surface area (Å²) < 4.78 is 32.6. The van der Waals surface area contributed by atoms with Crippen molar-refractivity contribution in [3.05, 3.63) is 47.5 Å². The zero-order valence-electron chi connectivity index (χ0n) is 16.3. The van der Waals surface area contributed by atoms with Crippen LogP contribution in [-0.4, -0.2) is 32.1 Å². The Kier molecular flexibility index (Phi) is 4.61. The largest absolute Gasteiger partial charge is 0.465 e. The monoisotopic (exact) mass is 412 g/mol. The van der Waals surface area contributed by atoms with Crippen molar-refractivity contribution in [2.75, 3.05) is 20.2 Å². The van der Waals surface area contributed by atoms with Gasteiger partial charge in [0, 0.05) is 12.8 Å². The highest BCUT2D eigenvalue weighted by Gasteiger charge is 2.44. The fourth-order valence-corrected chi connectivity index (χ4v) is 4.10. The van der Waals surface area contributed by atoms with Gasteiger partial charge in [0.1, 0.15) is 6.10 Å². The van der Waals surface area contributed by atoms with E-state index in [1.165, 1.54) is 6.92 Å². The third-order valence-corrected chi connectivity index (χ3v) is 5.54. The second kappa shape index (κ2) is 7.44. The van der Waals surface area contributed by atoms with E-state index in [0.717, 1.165) is 11.1 Å². The molecule has 0 unspecified atom stereocenters. The van der Waals surface area contributed by atoms with Gasteiger partial charge in [0.15, 0.2) is 23.0 Å². The molecule has 0 aromatic heterocycles. The van der Waals surface area contributed by atoms with Gasteiger partial charge in [-0.05, 0) is 41.8 Å². The van der Waals surface area contributed by atoms with Gasteiger partial charge in [0.25, 0.3) is 0 Å². The van der Waals surface area contributed by atoms with Crippen molar-refractivity contribution >= 4 is 11.9 Å². The smallest absolute Gasteiger partial charge is 0.309 e. The normalized spacial score (nSPS) is 22.0. The molecule has 2 aromatic rings. The Labute approximate surface area is 172 Å². The third-order valence-electron chi connectivity index (χ3n) is 5.54. The minimum atomic E-state index is -0.650. The number of esters is 2. The molecule has 3 atom stereocenters. The number of fused-ring (bicyclic) bond motifs is 2. The molecule has 0 radical (unpaired) electrons. The van der Waals surface area contributed by atoms with E-state index in [2.05, 4.69) is 0 Å². The van der Waals surface area contributed by atoms with Crippen LogP contribution in [0.3, 0.4) is 0 Å². The van der Waals surface area contributed by atoms with Crippen LogP contribution < -0.4 is 18.9 Å². The Hall–Kier alpha value is -3.42. The van der Waals surface area contributed by atoms with Crippen LogP contribution in [0, 0.1) is 11.8 Å². The number of benzene rings is 2. The van der Waals surface area contributed by atoms with E-state index in [9.17, 15) is 9.59 Å². The summed E-state index contributed by atoms with van der Waals surface area (Å²) in [6, 6.07) is 11.0. The minimum Gasteiger partial charge on any atom is -0.465 e. The van der Waals surface area contributed by atoms with Crippen LogP contribution in [0.15, 0.2) is 36.4 Å². The summed E-state index contributed by atoms with van der Waals surface area (Å²) in [5, 5.41) is 0. The van der Waals surface area contributed by atoms with E-state index in [4.69, 9.17) is 28.4 Å². The van der Waals surface area contributed by atoms with Crippen LogP contribution in [0.1, 0.15) is 24.2 Å². The summed E-state index contributed by atoms with van der Waals surface area (Å²) in [6.45, 7) is 1.85. The highest BCUT2D eigenvalue weighted by Crippen LogP contribution is 2.42. The molecular formula is C22H20O8. The maximum absolute atomic E-state index is 12.6. The highest BCUT2D eigenvalue weighted by atomic mass is 16.7. The molecule has 1 saturated heterocycles. The third kappa shape index (κ3) is 3.38. The van der Waals surface area contributed by atoms with E-state index >= 15 is 0 Å². The molecule has 0 N–H and O–H groups in total. The molecule has 3 heterocycles. The van der Waals surface area contributed by atoms with Gasteiger partial charge in [-0.2, -0.15) is 0 Å². The van der Waals surface area contributed by atoms with Gasteiger partial charge in [-0.25, -0.2) is 0 Å². The molecule has 5 rings (SSSR count). The molecule has 0 aliphatic carbocycles. The highest BCUT2D eigenvalue weighted by molar-refractivity contribution is 5.75. The number of hydrogen-bond donors (Lipinski definition) is 0. The fraction of sp³-hybridized carbons (Fsp3) is 0.364. The number of carbonyl (C=O) groups is 2. The molecule has 8 nitrogen and oxygen atoms in total. The zero-order chi connectivity index (χ0) is 20.7. The predicted octanol–water partition coefficient (Wildman–Crippen LogP) is 2.78. The topological polar surface area (TPSA) is 89.5 Å². The molecule has 0 spiro atoms. The van der Waals surface area contributed by atoms with Gasteiger partial charge in [-0.3, -0.25) is 9.59 Å². The molecule has 156 valence electrons. The maximum Gasteiger partial charge on any atom is 0.309 e. The predicted molar refractivity (Wildman–Crippen MR) is 101 cm³/mol. The average Bonchev–Trinajstić information content (AvgIpc) is 3.46. The number of hydrogen-bond acceptors (Lipinski definition) is 8. The summed E-state index contributed by atoms with van der Waals surface area (Å²) in [7, 11) is 0. The summed E-state index contributed by atoms with van der Waals surface area (Å²) in [5.41, 5.74) is 1.65. The van der Waals surface area contributed by atoms with Crippen molar-refractivity contribution in [2.45, 2.75) is 19.4 Å². The van der Waals surface area contributed by atoms with Gasteiger partial charge >= 0.3 is 11.9 Å². The summed E-state index contributed by atoms with van der Waals surface area (Å²) >= 11 is 0. The van der Waals surface area contributed by atoms with Gasteiger partial charge < -0.3 is 28.4 Å². The molecule has 1 fully saturated rings. The lowest BCUT2D eigenvalue weighted by Gasteiger charge is -2.26. The molecule has 0 amide bonds. The van der Waals surface area contributed by atoms with Gasteiger partial charge in [0.2, 0.25) is 13.6 Å². The molecular weight excluding hydrogens is 392 g/mol. The first-order valence-corrected chi connectivity index (χ1v) is 9.70. The Morgan fingerprint density at radius 3 is 2.37 bits per heavy atom. The van der Waals surface area contributed by atoms with Crippen LogP contribution in [0.25, 0.3) is 0 Å². The molecule has 3 aliphatic rings. The lowest BCUT2D eigenvalue weighted by Crippen LogP contribution is -2.27. The Morgan fingerprint density at radius 2 is 1.63 bits per heavy atom. The van der Waals surface area contributed by atoms with Crippen molar-refractivity contribution in [1.82, 2.24) is 0 Å². The average molecular weight is 412 g/mol. The molecule has 30 heavy (non-hydrogen) atoms. The molecule has 2 aromatic carbocycles. The van der Waals surface area contributed by atoms with Crippen molar-refractivity contribution in [3.63, 3.8) is 0 Å². The second-order valence-corrected chi connectivity index (χ2v) is 7.43. The SMILES string of the molecule is CC(=O)O[C@@H](c1ccc2c(c1)OCO2)[C@H]1COC(=O)[C@@H]1Cc1ccc2c(c1)OCO2. The minimum absolute atomic E-state index is 0.148. The zero-order valence-corrected chi connectivity index (χ0v) is 16.3. The number of ether oxygens (including phenoxy) is 6. The van der Waals surface area contributed by atoms with Crippen LogP contribution >= 0.6 is 0 Å². The summed E-state index contributed by atoms with van der Waals surface area (Å²) in [4.78, 5) is 24.4. The van der Waals surface area contributed by atoms with E-state index in [0.29, 0.717) is 29.4 Å². The molecule has 0 saturated carbocycles. The maximum atomic E-state index is 12.6. The Morgan fingerprint density at radius 1 is 0.967 bits per heavy atom. The summed E-state index contributed by atoms with van der Waals surface area (Å²) in [5.74, 6) is 1.00. The van der Waals surface area contributed by atoms with Crippen molar-refractivity contribution in [1.29, 1.82) is 0 Å². The number of carbonyl (C=O) groups excluding carboxylic acids is 2. The van der Waals surface area contributed by atoms with E-state index in [1.807, 2.05) is 24.3 Å². The second-order valence-electron chi connectivity index (χ2n) is 7.43. The Balaban J connectivity index is 1.43. The van der Waals surface area contributed by atoms with E-state index in [-0.39, 0.29) is 32.1 Å². The van der Waals surface area contributed by atoms with Gasteiger partial charge in [-0.15, -0.1) is 0 Å². The van der Waals surface area contributed by atoms with Gasteiger partial charge in [0.05, 0.1) is 12.5 Å². The quantitative estimate of drug-likeness (QED) is 0.693. The van der Waals surface area contributed by atoms with Crippen LogP contribution in [0.4, 0.5) is 0 Å². The Bertz CT molecular complexity index is 1000. The van der Waals surface area contributed by atoms with Crippen molar-refractivity contribution in [2.24, 2.45) is 11.8 Å². The van der Waals surface area contributed by atoms with Crippen LogP contribution in [0.5, 0.6) is 23.0 Å². The lowest BCUT2D eigenvalue weighted by atomic mass is 9.82. The van der Waals surface area contributed by atoms with Crippen LogP contribution in [0.2, 0.25) is 0 Å². The van der Waals surface area contributed by atoms with E-state index in [1.54, 1.807) is 12.1 Å². The fourth-order valence-electron chi connectivity index (χ4n) is 4.10. The molecule has 0 bridgehead atoms. The summed E-state index contributed by atoms with van der Waals surface area (Å²) in [6.07, 6.45) is -0.218. The van der Waals surface area contributed by atoms with Crippen molar-refractivity contribution < 1.29 is 38.0 Å². The number of rotatable bonds is 5. The first-order chi connectivity index (χ1) is 14.6. The number of cyclic esters (lactones) is 1. The van der Waals surface area contributed by atoms with E-state index < -0.39 is 18.0 Å². The molecule has 3 aliphatic heterocycles. The first-order valence-electron chi connectivity index (χ1n) is 9.70. The van der Waals surface area contributed by atoms with Gasteiger partial charge in [-0.1, -0.05) is 12.1 Å². The standard InChI is InChI=1S/C22H20O8/c1-12(23)30-21(14-3-5-18-20(8-14)29-11-27-18)16-9-25-22(24)15(16)6-13-2-4-17-19(7-13)28-10-26-17/h2-5,7-8,15-16,21H,6,9-11H2,1H3/t15-,16+,21+/m1/s1. The van der Waals surface area contributed by atoms with Crippen LogP contribution in [-0.2, 0) is 25.5 Å². The molecule has 8 heteroatoms. The van der Waals surface area contributed by atoms with Crippen molar-refractivity contribution in [3.8, 4) is 23.0 Å².